The number of nitrogens with one attached hydrogen (secondary N) is 1. The average molecular weight is 461 g/mol. The maximum atomic E-state index is 13.0. The second-order valence-corrected chi connectivity index (χ2v) is 8.33. The largest absolute Gasteiger partial charge is 0.456 e. The smallest absolute Gasteiger partial charge is 0.359 e. The van der Waals surface area contributed by atoms with E-state index < -0.39 is 11.6 Å². The third-order valence-corrected chi connectivity index (χ3v) is 5.11. The van der Waals surface area contributed by atoms with Crippen LogP contribution in [-0.4, -0.2) is 21.7 Å². The van der Waals surface area contributed by atoms with Crippen LogP contribution >= 0.6 is 0 Å². The van der Waals surface area contributed by atoms with E-state index in [1.165, 1.54) is 23.7 Å². The van der Waals surface area contributed by atoms with Gasteiger partial charge in [0.25, 0.3) is 5.56 Å². The Bertz CT molecular complexity index is 1530. The van der Waals surface area contributed by atoms with Crippen molar-refractivity contribution in [3.63, 3.8) is 0 Å². The van der Waals surface area contributed by atoms with Crippen molar-refractivity contribution in [3.05, 3.63) is 80.6 Å². The Hall–Kier alpha value is -4.27. The zero-order valence-electron chi connectivity index (χ0n) is 19.0. The first-order chi connectivity index (χ1) is 16.2. The maximum absolute atomic E-state index is 13.0. The number of anilines is 1. The van der Waals surface area contributed by atoms with Crippen LogP contribution in [0.5, 0.6) is 0 Å². The maximum Gasteiger partial charge on any atom is 0.359 e. The molecule has 0 aliphatic rings. The molecule has 4 rings (SSSR count). The van der Waals surface area contributed by atoms with Crippen molar-refractivity contribution in [2.45, 2.75) is 33.9 Å². The second-order valence-electron chi connectivity index (χ2n) is 8.33. The molecule has 174 valence electrons. The first-order valence-corrected chi connectivity index (χ1v) is 10.7. The van der Waals surface area contributed by atoms with Crippen LogP contribution in [0, 0.1) is 5.92 Å². The molecule has 9 heteroatoms. The number of benzene rings is 2. The number of hydrogen-bond acceptors (Lipinski definition) is 7. The van der Waals surface area contributed by atoms with Crippen LogP contribution in [0.25, 0.3) is 21.7 Å². The lowest BCUT2D eigenvalue weighted by molar-refractivity contribution is -0.114. The zero-order valence-corrected chi connectivity index (χ0v) is 19.0. The number of nitrogens with zero attached hydrogens (tertiary/aromatic N) is 2. The van der Waals surface area contributed by atoms with Crippen molar-refractivity contribution in [1.82, 2.24) is 9.78 Å². The van der Waals surface area contributed by atoms with Gasteiger partial charge in [0.2, 0.25) is 5.91 Å². The summed E-state index contributed by atoms with van der Waals surface area (Å²) in [5.41, 5.74) is 0.291. The molecule has 9 nitrogen and oxygen atoms in total. The van der Waals surface area contributed by atoms with Crippen LogP contribution < -0.4 is 16.5 Å². The van der Waals surface area contributed by atoms with E-state index in [4.69, 9.17) is 9.15 Å². The number of carbonyl (C=O) groups is 2. The Morgan fingerprint density at radius 1 is 1.06 bits per heavy atom. The molecule has 0 atom stereocenters. The number of rotatable bonds is 6. The van der Waals surface area contributed by atoms with E-state index in [9.17, 15) is 19.2 Å². The number of aromatic nitrogens is 2. The van der Waals surface area contributed by atoms with E-state index in [-0.39, 0.29) is 35.3 Å². The first kappa shape index (κ1) is 22.9. The molecule has 34 heavy (non-hydrogen) atoms. The molecule has 0 saturated carbocycles. The number of hydrogen-bond donors (Lipinski definition) is 1. The van der Waals surface area contributed by atoms with E-state index in [1.807, 2.05) is 13.8 Å². The fraction of sp³-hybridized carbons (Fsp3) is 0.240. The Balaban J connectivity index is 1.68. The van der Waals surface area contributed by atoms with Crippen LogP contribution in [0.1, 0.15) is 36.8 Å². The predicted molar refractivity (Wildman–Crippen MR) is 127 cm³/mol. The van der Waals surface area contributed by atoms with Gasteiger partial charge >= 0.3 is 11.6 Å². The molecule has 2 aromatic carbocycles. The van der Waals surface area contributed by atoms with E-state index >= 15 is 0 Å². The quantitative estimate of drug-likeness (QED) is 0.345. The summed E-state index contributed by atoms with van der Waals surface area (Å²) >= 11 is 0. The molecule has 1 amide bonds. The van der Waals surface area contributed by atoms with E-state index in [1.54, 1.807) is 36.4 Å². The molecule has 0 bridgehead atoms. The minimum absolute atomic E-state index is 0.0241. The lowest BCUT2D eigenvalue weighted by Gasteiger charge is -2.13. The Labute approximate surface area is 194 Å². The van der Waals surface area contributed by atoms with E-state index in [0.717, 1.165) is 0 Å². The van der Waals surface area contributed by atoms with Gasteiger partial charge in [-0.05, 0) is 24.1 Å². The van der Waals surface area contributed by atoms with Crippen molar-refractivity contribution in [2.24, 2.45) is 5.92 Å². The third-order valence-electron chi connectivity index (χ3n) is 5.11. The Morgan fingerprint density at radius 2 is 1.79 bits per heavy atom. The second kappa shape index (κ2) is 9.30. The van der Waals surface area contributed by atoms with Gasteiger partial charge in [0, 0.05) is 47.6 Å². The molecule has 0 radical (unpaired) electrons. The van der Waals surface area contributed by atoms with Crippen molar-refractivity contribution in [2.75, 3.05) is 5.32 Å². The van der Waals surface area contributed by atoms with Crippen molar-refractivity contribution in [3.8, 4) is 0 Å². The molecule has 1 N–H and O–H groups in total. The van der Waals surface area contributed by atoms with Gasteiger partial charge < -0.3 is 14.5 Å². The summed E-state index contributed by atoms with van der Waals surface area (Å²) < 4.78 is 12.0. The third kappa shape index (κ3) is 4.73. The molecule has 2 aromatic heterocycles. The molecule has 0 saturated heterocycles. The summed E-state index contributed by atoms with van der Waals surface area (Å²) in [5, 5.41) is 8.24. The summed E-state index contributed by atoms with van der Waals surface area (Å²) in [7, 11) is 0. The fourth-order valence-corrected chi connectivity index (χ4v) is 3.70. The SMILES string of the molecule is CC(=O)Nc1ccc2c(COC(=O)c3nn(CC(C)C)c(=O)c4ccccc34)cc(=O)oc2c1. The molecule has 2 heterocycles. The predicted octanol–water partition coefficient (Wildman–Crippen LogP) is 3.47. The first-order valence-electron chi connectivity index (χ1n) is 10.7. The molecule has 0 aliphatic heterocycles. The van der Waals surface area contributed by atoms with Gasteiger partial charge in [-0.3, -0.25) is 9.59 Å². The molecule has 0 fully saturated rings. The zero-order chi connectivity index (χ0) is 24.4. The number of fused-ring (bicyclic) bond motifs is 2. The van der Waals surface area contributed by atoms with Crippen molar-refractivity contribution in [1.29, 1.82) is 0 Å². The van der Waals surface area contributed by atoms with Gasteiger partial charge in [-0.2, -0.15) is 5.10 Å². The summed E-state index contributed by atoms with van der Waals surface area (Å²) in [6, 6.07) is 12.8. The van der Waals surface area contributed by atoms with Gasteiger partial charge in [0.1, 0.15) is 12.2 Å². The Kier molecular flexibility index (Phi) is 6.27. The van der Waals surface area contributed by atoms with Crippen LogP contribution in [-0.2, 0) is 22.7 Å². The van der Waals surface area contributed by atoms with Gasteiger partial charge in [0.15, 0.2) is 5.69 Å². The number of ether oxygens (including phenoxy) is 1. The topological polar surface area (TPSA) is 120 Å². The molecule has 0 aliphatic carbocycles. The summed E-state index contributed by atoms with van der Waals surface area (Å²) in [6.07, 6.45) is 0. The highest BCUT2D eigenvalue weighted by molar-refractivity contribution is 6.02. The molecule has 0 spiro atoms. The van der Waals surface area contributed by atoms with E-state index in [0.29, 0.717) is 34.0 Å². The number of carbonyl (C=O) groups excluding carboxylic acids is 2. The standard InChI is InChI=1S/C25H23N3O6/c1-14(2)12-28-24(31)20-7-5-4-6-19(20)23(27-28)25(32)33-13-16-10-22(30)34-21-11-17(26-15(3)29)8-9-18(16)21/h4-11,14H,12-13H2,1-3H3,(H,26,29). The summed E-state index contributed by atoms with van der Waals surface area (Å²) in [6.45, 7) is 5.42. The van der Waals surface area contributed by atoms with Gasteiger partial charge in [-0.15, -0.1) is 0 Å². The average Bonchev–Trinajstić information content (AvgIpc) is 2.78. The molecular weight excluding hydrogens is 438 g/mol. The fourth-order valence-electron chi connectivity index (χ4n) is 3.70. The van der Waals surface area contributed by atoms with Crippen LogP contribution in [0.4, 0.5) is 5.69 Å². The lowest BCUT2D eigenvalue weighted by atomic mass is 10.1. The molecule has 4 aromatic rings. The van der Waals surface area contributed by atoms with Gasteiger partial charge in [-0.1, -0.05) is 32.0 Å². The lowest BCUT2D eigenvalue weighted by Crippen LogP contribution is -2.28. The highest BCUT2D eigenvalue weighted by Gasteiger charge is 2.19. The van der Waals surface area contributed by atoms with Crippen LogP contribution in [0.3, 0.4) is 0 Å². The number of amides is 1. The minimum Gasteiger partial charge on any atom is -0.456 e. The van der Waals surface area contributed by atoms with Crippen molar-refractivity contribution < 1.29 is 18.7 Å². The van der Waals surface area contributed by atoms with Crippen molar-refractivity contribution >= 4 is 39.3 Å². The highest BCUT2D eigenvalue weighted by atomic mass is 16.5. The van der Waals surface area contributed by atoms with Gasteiger partial charge in [0.05, 0.1) is 5.39 Å². The number of esters is 1. The molecule has 0 unspecified atom stereocenters. The molecular formula is C25H23N3O6. The monoisotopic (exact) mass is 461 g/mol. The minimum atomic E-state index is -0.718. The normalized spacial score (nSPS) is 11.2. The Morgan fingerprint density at radius 3 is 2.50 bits per heavy atom. The van der Waals surface area contributed by atoms with Crippen LogP contribution in [0.2, 0.25) is 0 Å². The summed E-state index contributed by atoms with van der Waals surface area (Å²) in [4.78, 5) is 49.2. The van der Waals surface area contributed by atoms with Gasteiger partial charge in [-0.25, -0.2) is 14.3 Å². The summed E-state index contributed by atoms with van der Waals surface area (Å²) in [5.74, 6) is -0.831. The highest BCUT2D eigenvalue weighted by Crippen LogP contribution is 2.23. The van der Waals surface area contributed by atoms with Crippen LogP contribution in [0.15, 0.2) is 62.5 Å². The van der Waals surface area contributed by atoms with E-state index in [2.05, 4.69) is 10.4 Å².